The second kappa shape index (κ2) is 9.17. The van der Waals surface area contributed by atoms with Gasteiger partial charge in [0.25, 0.3) is 0 Å². The van der Waals surface area contributed by atoms with Crippen LogP contribution in [0.25, 0.3) is 0 Å². The molecule has 0 radical (unpaired) electrons. The number of rotatable bonds is 9. The molecule has 0 aliphatic rings. The fourth-order valence-electron chi connectivity index (χ4n) is 2.21. The highest BCUT2D eigenvalue weighted by atomic mass is 32.2. The summed E-state index contributed by atoms with van der Waals surface area (Å²) in [5, 5.41) is 11.6. The zero-order valence-electron chi connectivity index (χ0n) is 14.5. The monoisotopic (exact) mass is 358 g/mol. The highest BCUT2D eigenvalue weighted by Gasteiger charge is 2.12. The Labute approximate surface area is 151 Å². The first-order valence-electron chi connectivity index (χ1n) is 8.11. The molecular formula is C18H22N4O2S. The van der Waals surface area contributed by atoms with Crippen LogP contribution < -0.4 is 5.32 Å². The van der Waals surface area contributed by atoms with Crippen molar-refractivity contribution < 1.29 is 9.59 Å². The summed E-state index contributed by atoms with van der Waals surface area (Å²) in [6.07, 6.45) is 3.06. The molecule has 25 heavy (non-hydrogen) atoms. The Morgan fingerprint density at radius 3 is 2.64 bits per heavy atom. The van der Waals surface area contributed by atoms with Gasteiger partial charge >= 0.3 is 0 Å². The molecule has 0 spiro atoms. The van der Waals surface area contributed by atoms with Crippen LogP contribution in [0, 0.1) is 6.92 Å². The molecule has 0 bridgehead atoms. The predicted octanol–water partition coefficient (Wildman–Crippen LogP) is 3.49. The average Bonchev–Trinajstić information content (AvgIpc) is 2.94. The molecule has 6 nitrogen and oxygen atoms in total. The first-order chi connectivity index (χ1) is 12.0. The van der Waals surface area contributed by atoms with E-state index in [4.69, 9.17) is 0 Å². The van der Waals surface area contributed by atoms with Crippen molar-refractivity contribution in [1.82, 2.24) is 14.8 Å². The third-order valence-corrected chi connectivity index (χ3v) is 4.48. The topological polar surface area (TPSA) is 76.9 Å². The molecule has 1 aromatic carbocycles. The highest BCUT2D eigenvalue weighted by molar-refractivity contribution is 7.99. The van der Waals surface area contributed by atoms with Gasteiger partial charge in [0.1, 0.15) is 5.82 Å². The van der Waals surface area contributed by atoms with Gasteiger partial charge in [0.2, 0.25) is 5.91 Å². The van der Waals surface area contributed by atoms with Gasteiger partial charge in [-0.2, -0.15) is 0 Å². The van der Waals surface area contributed by atoms with Gasteiger partial charge in [-0.15, -0.1) is 16.8 Å². The number of nitrogens with one attached hydrogen (secondary N) is 1. The van der Waals surface area contributed by atoms with Crippen molar-refractivity contribution in [3.8, 4) is 0 Å². The van der Waals surface area contributed by atoms with E-state index in [9.17, 15) is 9.59 Å². The first-order valence-corrected chi connectivity index (χ1v) is 9.10. The Balaban J connectivity index is 1.95. The molecule has 0 saturated heterocycles. The minimum absolute atomic E-state index is 0.00207. The fourth-order valence-corrected chi connectivity index (χ4v) is 3.10. The smallest absolute Gasteiger partial charge is 0.224 e. The summed E-state index contributed by atoms with van der Waals surface area (Å²) in [4.78, 5) is 23.9. The van der Waals surface area contributed by atoms with Crippen LogP contribution in [0.1, 0.15) is 35.9 Å². The van der Waals surface area contributed by atoms with Crippen molar-refractivity contribution in [2.24, 2.45) is 0 Å². The van der Waals surface area contributed by atoms with Crippen molar-refractivity contribution in [2.45, 2.75) is 38.4 Å². The molecule has 132 valence electrons. The number of thioether (sulfide) groups is 1. The Hall–Kier alpha value is -2.41. The van der Waals surface area contributed by atoms with E-state index in [0.717, 1.165) is 12.2 Å². The summed E-state index contributed by atoms with van der Waals surface area (Å²) in [5.41, 5.74) is 1.30. The predicted molar refractivity (Wildman–Crippen MR) is 100.0 cm³/mol. The van der Waals surface area contributed by atoms with Crippen LogP contribution in [0.2, 0.25) is 0 Å². The van der Waals surface area contributed by atoms with Crippen LogP contribution in [0.5, 0.6) is 0 Å². The van der Waals surface area contributed by atoms with Gasteiger partial charge in [0.05, 0.1) is 5.75 Å². The van der Waals surface area contributed by atoms with E-state index in [1.165, 1.54) is 11.8 Å². The summed E-state index contributed by atoms with van der Waals surface area (Å²) < 4.78 is 1.91. The lowest BCUT2D eigenvalue weighted by Crippen LogP contribution is -2.11. The van der Waals surface area contributed by atoms with Gasteiger partial charge in [0.15, 0.2) is 10.9 Å². The van der Waals surface area contributed by atoms with Crippen molar-refractivity contribution >= 4 is 29.1 Å². The van der Waals surface area contributed by atoms with E-state index in [1.807, 2.05) is 18.4 Å². The van der Waals surface area contributed by atoms with Crippen LogP contribution in [0.3, 0.4) is 0 Å². The Kier molecular flexibility index (Phi) is 6.94. The number of nitrogens with zero attached hydrogens (tertiary/aromatic N) is 3. The minimum Gasteiger partial charge on any atom is -0.326 e. The molecule has 0 atom stereocenters. The number of anilines is 1. The average molecular weight is 358 g/mol. The Morgan fingerprint density at radius 2 is 2.00 bits per heavy atom. The van der Waals surface area contributed by atoms with Crippen molar-refractivity contribution in [1.29, 1.82) is 0 Å². The SMILES string of the molecule is C=CCn1c(C)nnc1SCC(=O)c1ccc(NC(=O)CCC)cc1. The van der Waals surface area contributed by atoms with E-state index in [0.29, 0.717) is 29.4 Å². The zero-order valence-corrected chi connectivity index (χ0v) is 15.3. The van der Waals surface area contributed by atoms with Gasteiger partial charge in [0, 0.05) is 24.2 Å². The van der Waals surface area contributed by atoms with Crippen LogP contribution >= 0.6 is 11.8 Å². The van der Waals surface area contributed by atoms with Gasteiger partial charge in [-0.05, 0) is 37.6 Å². The van der Waals surface area contributed by atoms with E-state index >= 15 is 0 Å². The van der Waals surface area contributed by atoms with Crippen molar-refractivity contribution in [3.63, 3.8) is 0 Å². The highest BCUT2D eigenvalue weighted by Crippen LogP contribution is 2.19. The maximum Gasteiger partial charge on any atom is 0.224 e. The Bertz CT molecular complexity index is 753. The molecular weight excluding hydrogens is 336 g/mol. The standard InChI is InChI=1S/C18H22N4O2S/c1-4-6-17(24)19-15-9-7-14(8-10-15)16(23)12-25-18-21-20-13(3)22(18)11-5-2/h5,7-10H,2,4,6,11-12H2,1,3H3,(H,19,24). The van der Waals surface area contributed by atoms with Gasteiger partial charge in [-0.25, -0.2) is 0 Å². The fraction of sp³-hybridized carbons (Fsp3) is 0.333. The third kappa shape index (κ3) is 5.29. The van der Waals surface area contributed by atoms with Gasteiger partial charge in [-0.1, -0.05) is 24.8 Å². The molecule has 0 unspecified atom stereocenters. The number of carbonyl (C=O) groups is 2. The quantitative estimate of drug-likeness (QED) is 0.422. The van der Waals surface area contributed by atoms with Crippen LogP contribution in [0.4, 0.5) is 5.69 Å². The summed E-state index contributed by atoms with van der Waals surface area (Å²) in [5.74, 6) is 1.05. The molecule has 0 aliphatic carbocycles. The number of benzene rings is 1. The molecule has 2 aromatic rings. The molecule has 1 aromatic heterocycles. The van der Waals surface area contributed by atoms with Gasteiger partial charge < -0.3 is 9.88 Å². The number of aryl methyl sites for hydroxylation is 1. The lowest BCUT2D eigenvalue weighted by molar-refractivity contribution is -0.116. The van der Waals surface area contributed by atoms with E-state index < -0.39 is 0 Å². The number of carbonyl (C=O) groups excluding carboxylic acids is 2. The van der Waals surface area contributed by atoms with Crippen LogP contribution in [-0.2, 0) is 11.3 Å². The molecule has 7 heteroatoms. The van der Waals surface area contributed by atoms with Crippen LogP contribution in [0.15, 0.2) is 42.1 Å². The van der Waals surface area contributed by atoms with Crippen molar-refractivity contribution in [2.75, 3.05) is 11.1 Å². The third-order valence-electron chi connectivity index (χ3n) is 3.51. The first kappa shape index (κ1) is 18.9. The molecule has 0 aliphatic heterocycles. The molecule has 1 N–H and O–H groups in total. The summed E-state index contributed by atoms with van der Waals surface area (Å²) in [6.45, 7) is 8.15. The summed E-state index contributed by atoms with van der Waals surface area (Å²) >= 11 is 1.35. The van der Waals surface area contributed by atoms with Crippen LogP contribution in [-0.4, -0.2) is 32.2 Å². The number of aromatic nitrogens is 3. The molecule has 1 amide bonds. The number of hydrogen-bond acceptors (Lipinski definition) is 5. The lowest BCUT2D eigenvalue weighted by atomic mass is 10.1. The number of Topliss-reactive ketones (excluding diaryl/α,β-unsaturated/α-hetero) is 1. The van der Waals surface area contributed by atoms with E-state index in [-0.39, 0.29) is 17.4 Å². The lowest BCUT2D eigenvalue weighted by Gasteiger charge is -2.06. The van der Waals surface area contributed by atoms with E-state index in [2.05, 4.69) is 22.1 Å². The summed E-state index contributed by atoms with van der Waals surface area (Å²) in [6, 6.07) is 6.94. The minimum atomic E-state index is -0.0194. The second-order valence-electron chi connectivity index (χ2n) is 5.52. The Morgan fingerprint density at radius 1 is 1.28 bits per heavy atom. The second-order valence-corrected chi connectivity index (χ2v) is 6.46. The normalized spacial score (nSPS) is 10.5. The summed E-state index contributed by atoms with van der Waals surface area (Å²) in [7, 11) is 0. The molecule has 0 saturated carbocycles. The maximum absolute atomic E-state index is 12.3. The van der Waals surface area contributed by atoms with Crippen molar-refractivity contribution in [3.05, 3.63) is 48.3 Å². The van der Waals surface area contributed by atoms with Gasteiger partial charge in [-0.3, -0.25) is 9.59 Å². The number of ketones is 1. The number of hydrogen-bond donors (Lipinski definition) is 1. The molecule has 2 rings (SSSR count). The molecule has 0 fully saturated rings. The maximum atomic E-state index is 12.3. The molecule has 1 heterocycles. The largest absolute Gasteiger partial charge is 0.326 e. The zero-order chi connectivity index (χ0) is 18.2. The number of amides is 1. The number of allylic oxidation sites excluding steroid dienone is 1. The van der Waals surface area contributed by atoms with E-state index in [1.54, 1.807) is 30.3 Å².